The molecule has 1 unspecified atom stereocenters. The van der Waals surface area contributed by atoms with Gasteiger partial charge in [0.1, 0.15) is 18.5 Å². The van der Waals surface area contributed by atoms with Crippen LogP contribution >= 0.6 is 11.8 Å². The van der Waals surface area contributed by atoms with Crippen molar-refractivity contribution in [3.8, 4) is 5.75 Å². The summed E-state index contributed by atoms with van der Waals surface area (Å²) >= 11 is 5.68. The van der Waals surface area contributed by atoms with Gasteiger partial charge in [0.15, 0.2) is 0 Å². The zero-order valence-electron chi connectivity index (χ0n) is 18.5. The number of hydrogen-bond acceptors (Lipinski definition) is 6. The summed E-state index contributed by atoms with van der Waals surface area (Å²) in [6.45, 7) is 4.30. The summed E-state index contributed by atoms with van der Waals surface area (Å²) in [5.74, 6) is 0.301. The molecule has 1 N–H and O–H groups in total. The van der Waals surface area contributed by atoms with E-state index in [-0.39, 0.29) is 18.8 Å². The average Bonchev–Trinajstić information content (AvgIpc) is 3.13. The van der Waals surface area contributed by atoms with Crippen LogP contribution in [0, 0.1) is 0 Å². The van der Waals surface area contributed by atoms with Crippen LogP contribution in [0.5, 0.6) is 5.75 Å². The third kappa shape index (κ3) is 6.00. The minimum absolute atomic E-state index is 0.169. The standard InChI is InChI=1S/C24H29ClN2O5/c1-16(2)32-22(13-18-9-10-21(30-3)19(11-18)14-26-25)23(28)27-20(15-31-24(27)29)12-17-7-5-4-6-8-17/h4-11,16,20,22,26H,12-15H2,1-3H3/t20-,22?/m0/s1. The Morgan fingerprint density at radius 3 is 2.62 bits per heavy atom. The summed E-state index contributed by atoms with van der Waals surface area (Å²) in [6, 6.07) is 15.0. The maximum absolute atomic E-state index is 13.5. The Balaban J connectivity index is 1.82. The van der Waals surface area contributed by atoms with Gasteiger partial charge in [0, 0.05) is 18.5 Å². The van der Waals surface area contributed by atoms with E-state index in [2.05, 4.69) is 4.84 Å². The SMILES string of the molecule is COc1ccc(CC(OC(C)C)C(=O)N2C(=O)OC[C@@H]2Cc2ccccc2)cc1CNCl. The van der Waals surface area contributed by atoms with Crippen molar-refractivity contribution in [2.45, 2.75) is 51.5 Å². The smallest absolute Gasteiger partial charge is 0.417 e. The molecule has 2 aromatic rings. The molecule has 0 aromatic heterocycles. The summed E-state index contributed by atoms with van der Waals surface area (Å²) in [4.78, 5) is 29.8. The number of nitrogens with one attached hydrogen (secondary N) is 1. The molecule has 7 nitrogen and oxygen atoms in total. The number of imide groups is 1. The van der Waals surface area contributed by atoms with Gasteiger partial charge in [-0.05, 0) is 49.2 Å². The summed E-state index contributed by atoms with van der Waals surface area (Å²) in [7, 11) is 1.59. The lowest BCUT2D eigenvalue weighted by Crippen LogP contribution is -2.47. The molecule has 2 aromatic carbocycles. The molecule has 32 heavy (non-hydrogen) atoms. The first kappa shape index (κ1) is 24.0. The predicted octanol–water partition coefficient (Wildman–Crippen LogP) is 3.86. The molecule has 1 heterocycles. The lowest BCUT2D eigenvalue weighted by atomic mass is 10.0. The van der Waals surface area contributed by atoms with Crippen LogP contribution in [0.3, 0.4) is 0 Å². The molecule has 1 saturated heterocycles. The van der Waals surface area contributed by atoms with E-state index in [1.807, 2.05) is 62.4 Å². The number of rotatable bonds is 10. The van der Waals surface area contributed by atoms with Crippen molar-refractivity contribution in [2.24, 2.45) is 0 Å². The fourth-order valence-electron chi connectivity index (χ4n) is 3.83. The molecule has 1 aliphatic rings. The molecular formula is C24H29ClN2O5. The molecule has 8 heteroatoms. The van der Waals surface area contributed by atoms with E-state index in [9.17, 15) is 9.59 Å². The van der Waals surface area contributed by atoms with E-state index in [4.69, 9.17) is 26.0 Å². The van der Waals surface area contributed by atoms with Gasteiger partial charge in [0.25, 0.3) is 5.91 Å². The van der Waals surface area contributed by atoms with Crippen molar-refractivity contribution < 1.29 is 23.8 Å². The number of amides is 2. The third-order valence-corrected chi connectivity index (χ3v) is 5.38. The van der Waals surface area contributed by atoms with Crippen molar-refractivity contribution in [3.05, 3.63) is 65.2 Å². The largest absolute Gasteiger partial charge is 0.496 e. The molecule has 0 bridgehead atoms. The second-order valence-electron chi connectivity index (χ2n) is 7.96. The average molecular weight is 461 g/mol. The number of nitrogens with zero attached hydrogens (tertiary/aromatic N) is 1. The number of benzene rings is 2. The van der Waals surface area contributed by atoms with Crippen LogP contribution in [0.4, 0.5) is 4.79 Å². The van der Waals surface area contributed by atoms with E-state index in [0.29, 0.717) is 25.1 Å². The van der Waals surface area contributed by atoms with E-state index in [0.717, 1.165) is 16.7 Å². The zero-order valence-corrected chi connectivity index (χ0v) is 19.3. The zero-order chi connectivity index (χ0) is 23.1. The number of methoxy groups -OCH3 is 1. The summed E-state index contributed by atoms with van der Waals surface area (Å²) in [6.07, 6.45) is -0.824. The van der Waals surface area contributed by atoms with E-state index < -0.39 is 18.1 Å². The van der Waals surface area contributed by atoms with Crippen molar-refractivity contribution in [3.63, 3.8) is 0 Å². The van der Waals surface area contributed by atoms with Gasteiger partial charge in [-0.25, -0.2) is 14.5 Å². The molecule has 0 saturated carbocycles. The minimum atomic E-state index is -0.830. The highest BCUT2D eigenvalue weighted by atomic mass is 35.5. The molecule has 172 valence electrons. The number of cyclic esters (lactones) is 1. The van der Waals surface area contributed by atoms with Gasteiger partial charge >= 0.3 is 6.09 Å². The molecule has 1 fully saturated rings. The second-order valence-corrected chi connectivity index (χ2v) is 8.23. The highest BCUT2D eigenvalue weighted by Gasteiger charge is 2.41. The van der Waals surface area contributed by atoms with Crippen molar-refractivity contribution in [2.75, 3.05) is 13.7 Å². The normalized spacial score (nSPS) is 16.8. The van der Waals surface area contributed by atoms with Crippen molar-refractivity contribution in [1.29, 1.82) is 0 Å². The van der Waals surface area contributed by atoms with Crippen LogP contribution in [0.1, 0.15) is 30.5 Å². The maximum atomic E-state index is 13.5. The van der Waals surface area contributed by atoms with Crippen molar-refractivity contribution in [1.82, 2.24) is 9.74 Å². The van der Waals surface area contributed by atoms with Crippen LogP contribution < -0.4 is 9.57 Å². The number of carbonyl (C=O) groups excluding carboxylic acids is 2. The minimum Gasteiger partial charge on any atom is -0.496 e. The lowest BCUT2D eigenvalue weighted by molar-refractivity contribution is -0.144. The van der Waals surface area contributed by atoms with Gasteiger partial charge in [-0.1, -0.05) is 42.5 Å². The Morgan fingerprint density at radius 1 is 1.22 bits per heavy atom. The number of ether oxygens (including phenoxy) is 3. The molecular weight excluding hydrogens is 432 g/mol. The lowest BCUT2D eigenvalue weighted by Gasteiger charge is -2.26. The highest BCUT2D eigenvalue weighted by molar-refractivity contribution is 6.13. The quantitative estimate of drug-likeness (QED) is 0.542. The summed E-state index contributed by atoms with van der Waals surface area (Å²) in [5, 5.41) is 0. The van der Waals surface area contributed by atoms with Crippen LogP contribution in [0.15, 0.2) is 48.5 Å². The fraction of sp³-hybridized carbons (Fsp3) is 0.417. The van der Waals surface area contributed by atoms with Crippen LogP contribution in [0.2, 0.25) is 0 Å². The van der Waals surface area contributed by atoms with Gasteiger partial charge in [-0.15, -0.1) is 0 Å². The Kier molecular flexibility index (Phi) is 8.50. The van der Waals surface area contributed by atoms with Gasteiger partial charge in [0.2, 0.25) is 0 Å². The highest BCUT2D eigenvalue weighted by Crippen LogP contribution is 2.24. The molecule has 1 aliphatic heterocycles. The maximum Gasteiger partial charge on any atom is 0.417 e. The van der Waals surface area contributed by atoms with Crippen LogP contribution in [-0.4, -0.2) is 48.9 Å². The van der Waals surface area contributed by atoms with Crippen LogP contribution in [-0.2, 0) is 33.7 Å². The first-order valence-electron chi connectivity index (χ1n) is 10.6. The first-order valence-corrected chi connectivity index (χ1v) is 11.0. The first-order chi connectivity index (χ1) is 15.4. The Labute approximate surface area is 193 Å². The Bertz CT molecular complexity index is 922. The van der Waals surface area contributed by atoms with Gasteiger partial charge in [-0.3, -0.25) is 4.79 Å². The van der Waals surface area contributed by atoms with Gasteiger partial charge in [0.05, 0.1) is 19.3 Å². The third-order valence-electron chi connectivity index (χ3n) is 5.25. The topological polar surface area (TPSA) is 77.1 Å². The fourth-order valence-corrected chi connectivity index (χ4v) is 3.97. The van der Waals surface area contributed by atoms with E-state index >= 15 is 0 Å². The van der Waals surface area contributed by atoms with Crippen LogP contribution in [0.25, 0.3) is 0 Å². The number of carbonyl (C=O) groups is 2. The number of halogens is 1. The molecule has 2 atom stereocenters. The monoisotopic (exact) mass is 460 g/mol. The Morgan fingerprint density at radius 2 is 1.97 bits per heavy atom. The number of hydrogen-bond donors (Lipinski definition) is 1. The van der Waals surface area contributed by atoms with Crippen molar-refractivity contribution >= 4 is 23.8 Å². The molecule has 3 rings (SSSR count). The molecule has 0 radical (unpaired) electrons. The Hall–Kier alpha value is -2.61. The summed E-state index contributed by atoms with van der Waals surface area (Å²) < 4.78 is 16.6. The second kappa shape index (κ2) is 11.3. The molecule has 0 aliphatic carbocycles. The molecule has 0 spiro atoms. The van der Waals surface area contributed by atoms with E-state index in [1.165, 1.54) is 4.90 Å². The molecule has 2 amide bonds. The van der Waals surface area contributed by atoms with Gasteiger partial charge < -0.3 is 14.2 Å². The predicted molar refractivity (Wildman–Crippen MR) is 122 cm³/mol. The summed E-state index contributed by atoms with van der Waals surface area (Å²) in [5.41, 5.74) is 2.76. The van der Waals surface area contributed by atoms with Gasteiger partial charge in [-0.2, -0.15) is 0 Å². The van der Waals surface area contributed by atoms with E-state index in [1.54, 1.807) is 7.11 Å².